The fraction of sp³-hybridized carbons (Fsp3) is 0.250. The van der Waals surface area contributed by atoms with Crippen molar-refractivity contribution in [1.82, 2.24) is 0 Å². The third kappa shape index (κ3) is 2.31. The summed E-state index contributed by atoms with van der Waals surface area (Å²) in [6.07, 6.45) is 0. The third-order valence-corrected chi connectivity index (χ3v) is 2.49. The minimum atomic E-state index is -0.485. The van der Waals surface area contributed by atoms with E-state index in [2.05, 4.69) is 0 Å². The van der Waals surface area contributed by atoms with E-state index >= 15 is 0 Å². The van der Waals surface area contributed by atoms with Crippen LogP contribution in [0.2, 0.25) is 10.0 Å². The van der Waals surface area contributed by atoms with Gasteiger partial charge in [-0.3, -0.25) is 0 Å². The minimum absolute atomic E-state index is 0.153. The average Bonchev–Trinajstić information content (AvgIpc) is 2.10. The molecule has 0 unspecified atom stereocenters. The van der Waals surface area contributed by atoms with Gasteiger partial charge >= 0.3 is 0 Å². The van der Waals surface area contributed by atoms with E-state index in [0.29, 0.717) is 5.56 Å². The molecule has 0 aliphatic carbocycles. The van der Waals surface area contributed by atoms with E-state index < -0.39 is 11.9 Å². The lowest BCUT2D eigenvalue weighted by Gasteiger charge is -2.12. The van der Waals surface area contributed by atoms with E-state index in [0.717, 1.165) is 6.07 Å². The summed E-state index contributed by atoms with van der Waals surface area (Å²) < 4.78 is 12.9. The Bertz CT molecular complexity index is 317. The van der Waals surface area contributed by atoms with Gasteiger partial charge < -0.3 is 11.5 Å². The van der Waals surface area contributed by atoms with E-state index in [1.165, 1.54) is 6.07 Å². The van der Waals surface area contributed by atoms with Crippen molar-refractivity contribution in [2.75, 3.05) is 6.54 Å². The zero-order valence-corrected chi connectivity index (χ0v) is 8.24. The van der Waals surface area contributed by atoms with Gasteiger partial charge in [0.05, 0.1) is 10.0 Å². The minimum Gasteiger partial charge on any atom is -0.329 e. The summed E-state index contributed by atoms with van der Waals surface area (Å²) >= 11 is 11.5. The highest BCUT2D eigenvalue weighted by Crippen LogP contribution is 2.29. The highest BCUT2D eigenvalue weighted by Gasteiger charge is 2.12. The molecule has 13 heavy (non-hydrogen) atoms. The Morgan fingerprint density at radius 3 is 2.54 bits per heavy atom. The summed E-state index contributed by atoms with van der Waals surface area (Å²) in [6, 6.07) is 1.89. The molecule has 0 saturated heterocycles. The fourth-order valence-corrected chi connectivity index (χ4v) is 1.44. The van der Waals surface area contributed by atoms with Crippen molar-refractivity contribution in [3.05, 3.63) is 33.6 Å². The molecule has 72 valence electrons. The fourth-order valence-electron chi connectivity index (χ4n) is 0.973. The predicted octanol–water partition coefficient (Wildman–Crippen LogP) is 2.09. The lowest BCUT2D eigenvalue weighted by molar-refractivity contribution is 0.620. The quantitative estimate of drug-likeness (QED) is 0.754. The number of halogens is 3. The van der Waals surface area contributed by atoms with Gasteiger partial charge in [-0.15, -0.1) is 0 Å². The van der Waals surface area contributed by atoms with Crippen molar-refractivity contribution in [3.63, 3.8) is 0 Å². The molecule has 1 aromatic rings. The molecular formula is C8H9Cl2FN2. The summed E-state index contributed by atoms with van der Waals surface area (Å²) in [5.41, 5.74) is 11.4. The molecule has 4 N–H and O–H groups in total. The molecule has 0 amide bonds. The Kier molecular flexibility index (Phi) is 3.50. The van der Waals surface area contributed by atoms with Crippen molar-refractivity contribution in [2.24, 2.45) is 11.5 Å². The second-order valence-corrected chi connectivity index (χ2v) is 3.42. The van der Waals surface area contributed by atoms with Gasteiger partial charge in [-0.05, 0) is 17.7 Å². The monoisotopic (exact) mass is 222 g/mol. The van der Waals surface area contributed by atoms with Crippen LogP contribution < -0.4 is 11.5 Å². The van der Waals surface area contributed by atoms with Crippen molar-refractivity contribution in [1.29, 1.82) is 0 Å². The van der Waals surface area contributed by atoms with Crippen LogP contribution in [0, 0.1) is 5.82 Å². The van der Waals surface area contributed by atoms with Gasteiger partial charge in [-0.1, -0.05) is 23.2 Å². The van der Waals surface area contributed by atoms with Gasteiger partial charge in [0.2, 0.25) is 0 Å². The molecule has 0 heterocycles. The van der Waals surface area contributed by atoms with Crippen LogP contribution in [0.3, 0.4) is 0 Å². The molecule has 0 saturated carbocycles. The Morgan fingerprint density at radius 1 is 1.38 bits per heavy atom. The second kappa shape index (κ2) is 4.24. The van der Waals surface area contributed by atoms with Gasteiger partial charge in [0.15, 0.2) is 0 Å². The van der Waals surface area contributed by atoms with Crippen LogP contribution in [0.4, 0.5) is 4.39 Å². The van der Waals surface area contributed by atoms with Crippen LogP contribution in [0.5, 0.6) is 0 Å². The van der Waals surface area contributed by atoms with Crippen molar-refractivity contribution >= 4 is 23.2 Å². The highest BCUT2D eigenvalue weighted by molar-refractivity contribution is 6.42. The highest BCUT2D eigenvalue weighted by atomic mass is 35.5. The Balaban J connectivity index is 3.20. The Hall–Kier alpha value is -0.350. The number of nitrogens with two attached hydrogens (primary N) is 2. The summed E-state index contributed by atoms with van der Waals surface area (Å²) in [6.45, 7) is 0.194. The molecule has 0 aliphatic rings. The average molecular weight is 223 g/mol. The smallest absolute Gasteiger partial charge is 0.125 e. The van der Waals surface area contributed by atoms with Gasteiger partial charge in [0, 0.05) is 12.6 Å². The maximum atomic E-state index is 12.9. The van der Waals surface area contributed by atoms with Crippen LogP contribution in [0.15, 0.2) is 12.1 Å². The number of rotatable bonds is 2. The SMILES string of the molecule is NC[C@H](N)c1cc(F)cc(Cl)c1Cl. The molecule has 1 aromatic carbocycles. The number of benzene rings is 1. The molecule has 5 heteroatoms. The van der Waals surface area contributed by atoms with E-state index in [9.17, 15) is 4.39 Å². The molecule has 1 atom stereocenters. The molecule has 0 bridgehead atoms. The van der Waals surface area contributed by atoms with Crippen molar-refractivity contribution < 1.29 is 4.39 Å². The topological polar surface area (TPSA) is 52.0 Å². The van der Waals surface area contributed by atoms with Gasteiger partial charge in [0.25, 0.3) is 0 Å². The lowest BCUT2D eigenvalue weighted by Crippen LogP contribution is -2.21. The second-order valence-electron chi connectivity index (χ2n) is 2.63. The van der Waals surface area contributed by atoms with E-state index in [1.54, 1.807) is 0 Å². The molecular weight excluding hydrogens is 214 g/mol. The standard InChI is InChI=1S/C8H9Cl2FN2/c9-6-2-4(11)1-5(8(6)10)7(13)3-12/h1-2,7H,3,12-13H2/t7-/m0/s1. The lowest BCUT2D eigenvalue weighted by atomic mass is 10.1. The van der Waals surface area contributed by atoms with Crippen LogP contribution in [0.25, 0.3) is 0 Å². The first-order valence-electron chi connectivity index (χ1n) is 3.66. The number of hydrogen-bond acceptors (Lipinski definition) is 2. The summed E-state index contributed by atoms with van der Waals surface area (Å²) in [5.74, 6) is -0.465. The zero-order valence-electron chi connectivity index (χ0n) is 6.73. The van der Waals surface area contributed by atoms with E-state index in [4.69, 9.17) is 34.7 Å². The Labute approximate surface area is 85.6 Å². The van der Waals surface area contributed by atoms with E-state index in [-0.39, 0.29) is 16.6 Å². The number of hydrogen-bond donors (Lipinski definition) is 2. The summed E-state index contributed by atoms with van der Waals surface area (Å²) in [4.78, 5) is 0. The largest absolute Gasteiger partial charge is 0.329 e. The van der Waals surface area contributed by atoms with Gasteiger partial charge in [-0.25, -0.2) is 4.39 Å². The zero-order chi connectivity index (χ0) is 10.0. The summed E-state index contributed by atoms with van der Waals surface area (Å²) in [7, 11) is 0. The molecule has 0 aromatic heterocycles. The first-order valence-corrected chi connectivity index (χ1v) is 4.42. The van der Waals surface area contributed by atoms with Crippen molar-refractivity contribution in [3.8, 4) is 0 Å². The predicted molar refractivity (Wildman–Crippen MR) is 52.4 cm³/mol. The van der Waals surface area contributed by atoms with Crippen LogP contribution in [-0.2, 0) is 0 Å². The first-order chi connectivity index (χ1) is 6.06. The van der Waals surface area contributed by atoms with Crippen molar-refractivity contribution in [2.45, 2.75) is 6.04 Å². The van der Waals surface area contributed by atoms with Gasteiger partial charge in [0.1, 0.15) is 5.82 Å². The molecule has 0 radical (unpaired) electrons. The molecule has 0 spiro atoms. The van der Waals surface area contributed by atoms with Crippen LogP contribution >= 0.6 is 23.2 Å². The third-order valence-electron chi connectivity index (χ3n) is 1.67. The van der Waals surface area contributed by atoms with Crippen LogP contribution in [-0.4, -0.2) is 6.54 Å². The molecule has 0 aliphatic heterocycles. The maximum absolute atomic E-state index is 12.9. The van der Waals surface area contributed by atoms with E-state index in [1.807, 2.05) is 0 Å². The first kappa shape index (κ1) is 10.7. The molecule has 1 rings (SSSR count). The van der Waals surface area contributed by atoms with Gasteiger partial charge in [-0.2, -0.15) is 0 Å². The molecule has 2 nitrogen and oxygen atoms in total. The van der Waals surface area contributed by atoms with Crippen LogP contribution in [0.1, 0.15) is 11.6 Å². The molecule has 0 fully saturated rings. The maximum Gasteiger partial charge on any atom is 0.125 e. The Morgan fingerprint density at radius 2 is 2.00 bits per heavy atom. The summed E-state index contributed by atoms with van der Waals surface area (Å²) in [5, 5.41) is 0.418. The normalized spacial score (nSPS) is 13.0.